The molecule has 0 bridgehead atoms. The van der Waals surface area contributed by atoms with Crippen molar-refractivity contribution < 1.29 is 13.2 Å². The van der Waals surface area contributed by atoms with Crippen LogP contribution in [-0.2, 0) is 14.6 Å². The predicted octanol–water partition coefficient (Wildman–Crippen LogP) is 2.20. The molecule has 0 heterocycles. The smallest absolute Gasteiger partial charge is 0.218 e. The first-order chi connectivity index (χ1) is 8.88. The second-order valence-electron chi connectivity index (χ2n) is 4.45. The molecule has 102 valence electrons. The van der Waals surface area contributed by atoms with Crippen molar-refractivity contribution in [3.63, 3.8) is 0 Å². The van der Waals surface area contributed by atoms with E-state index in [1.807, 2.05) is 0 Å². The molecule has 0 saturated heterocycles. The van der Waals surface area contributed by atoms with E-state index < -0.39 is 20.7 Å². The monoisotopic (exact) mass is 344 g/mol. The van der Waals surface area contributed by atoms with Crippen LogP contribution < -0.4 is 5.43 Å². The third-order valence-corrected chi connectivity index (χ3v) is 4.16. The molecule has 1 fully saturated rings. The van der Waals surface area contributed by atoms with Crippen LogP contribution in [0.1, 0.15) is 12.8 Å². The molecule has 0 aromatic heterocycles. The largest absolute Gasteiger partial charge is 0.291 e. The molecule has 19 heavy (non-hydrogen) atoms. The number of anilines is 1. The number of sulfone groups is 1. The molecule has 1 aromatic carbocycles. The number of carbonyl (C=O) groups is 1. The summed E-state index contributed by atoms with van der Waals surface area (Å²) in [6.07, 6.45) is 2.48. The highest BCUT2D eigenvalue weighted by Gasteiger charge is 2.36. The number of ketones is 1. The van der Waals surface area contributed by atoms with Crippen molar-refractivity contribution in [3.8, 4) is 0 Å². The molecule has 7 heteroatoms. The average molecular weight is 345 g/mol. The molecule has 0 atom stereocenters. The molecule has 0 amide bonds. The second kappa shape index (κ2) is 5.42. The van der Waals surface area contributed by atoms with Crippen molar-refractivity contribution >= 4 is 42.3 Å². The lowest BCUT2D eigenvalue weighted by Crippen LogP contribution is -2.26. The third-order valence-electron chi connectivity index (χ3n) is 2.64. The highest BCUT2D eigenvalue weighted by Crippen LogP contribution is 2.31. The van der Waals surface area contributed by atoms with Gasteiger partial charge in [-0.2, -0.15) is 5.10 Å². The fourth-order valence-corrected chi connectivity index (χ4v) is 2.49. The van der Waals surface area contributed by atoms with Crippen LogP contribution in [0.4, 0.5) is 5.69 Å². The Morgan fingerprint density at radius 2 is 1.89 bits per heavy atom. The second-order valence-corrected chi connectivity index (χ2v) is 7.29. The molecule has 0 radical (unpaired) electrons. The lowest BCUT2D eigenvalue weighted by Gasteiger charge is -2.04. The summed E-state index contributed by atoms with van der Waals surface area (Å²) in [6.45, 7) is 0. The minimum atomic E-state index is -3.62. The lowest BCUT2D eigenvalue weighted by molar-refractivity contribution is -0.113. The van der Waals surface area contributed by atoms with Gasteiger partial charge in [0, 0.05) is 16.6 Å². The molecule has 1 N–H and O–H groups in total. The summed E-state index contributed by atoms with van der Waals surface area (Å²) < 4.78 is 24.1. The summed E-state index contributed by atoms with van der Waals surface area (Å²) in [5.41, 5.74) is 3.23. The third kappa shape index (κ3) is 3.87. The number of hydrazone groups is 1. The number of nitrogens with one attached hydrogen (secondary N) is 1. The van der Waals surface area contributed by atoms with Gasteiger partial charge in [-0.15, -0.1) is 0 Å². The lowest BCUT2D eigenvalue weighted by atomic mass is 10.3. The van der Waals surface area contributed by atoms with E-state index in [1.54, 1.807) is 24.3 Å². The van der Waals surface area contributed by atoms with Gasteiger partial charge in [-0.3, -0.25) is 10.2 Å². The summed E-state index contributed by atoms with van der Waals surface area (Å²) in [5.74, 6) is -0.577. The number of nitrogens with zero attached hydrogens (tertiary/aromatic N) is 1. The Balaban J connectivity index is 2.21. The maximum Gasteiger partial charge on any atom is 0.218 e. The molecule has 0 aliphatic heterocycles. The van der Waals surface area contributed by atoms with Gasteiger partial charge in [0.2, 0.25) is 5.04 Å². The van der Waals surface area contributed by atoms with Gasteiger partial charge in [-0.25, -0.2) is 8.42 Å². The Morgan fingerprint density at radius 3 is 2.37 bits per heavy atom. The van der Waals surface area contributed by atoms with E-state index in [-0.39, 0.29) is 5.92 Å². The Labute approximate surface area is 120 Å². The van der Waals surface area contributed by atoms with Crippen LogP contribution >= 0.6 is 15.9 Å². The molecule has 1 aromatic rings. The van der Waals surface area contributed by atoms with Crippen molar-refractivity contribution in [3.05, 3.63) is 28.7 Å². The van der Waals surface area contributed by atoms with E-state index in [0.717, 1.165) is 23.6 Å². The summed E-state index contributed by atoms with van der Waals surface area (Å²) in [4.78, 5) is 11.9. The number of hydrogen-bond acceptors (Lipinski definition) is 5. The maximum atomic E-state index is 11.9. The molecule has 2 rings (SSSR count). The minimum absolute atomic E-state index is 0.180. The minimum Gasteiger partial charge on any atom is -0.291 e. The van der Waals surface area contributed by atoms with Gasteiger partial charge in [0.15, 0.2) is 15.6 Å². The van der Waals surface area contributed by atoms with Gasteiger partial charge in [0.25, 0.3) is 0 Å². The van der Waals surface area contributed by atoms with Gasteiger partial charge in [-0.1, -0.05) is 15.9 Å². The summed E-state index contributed by atoms with van der Waals surface area (Å²) in [5, 5.41) is 3.38. The zero-order valence-corrected chi connectivity index (χ0v) is 12.7. The molecule has 1 aliphatic carbocycles. The number of rotatable bonds is 4. The van der Waals surface area contributed by atoms with Crippen LogP contribution in [0.25, 0.3) is 0 Å². The van der Waals surface area contributed by atoms with Gasteiger partial charge < -0.3 is 0 Å². The molecule has 0 unspecified atom stereocenters. The maximum absolute atomic E-state index is 11.9. The molecule has 0 spiro atoms. The predicted molar refractivity (Wildman–Crippen MR) is 77.8 cm³/mol. The van der Waals surface area contributed by atoms with Crippen LogP contribution in [-0.4, -0.2) is 25.5 Å². The van der Waals surface area contributed by atoms with Crippen molar-refractivity contribution in [1.82, 2.24) is 0 Å². The Morgan fingerprint density at radius 1 is 1.32 bits per heavy atom. The van der Waals surface area contributed by atoms with E-state index in [2.05, 4.69) is 26.5 Å². The standard InChI is InChI=1S/C12H13BrN2O3S/c1-19(17,18)12(11(16)8-2-3-8)15-14-10-6-4-9(13)5-7-10/h4-8,14H,2-3H2,1H3/b15-12-. The fraction of sp³-hybridized carbons (Fsp3) is 0.333. The van der Waals surface area contributed by atoms with Crippen LogP contribution in [0.3, 0.4) is 0 Å². The van der Waals surface area contributed by atoms with Crippen molar-refractivity contribution in [2.45, 2.75) is 12.8 Å². The van der Waals surface area contributed by atoms with E-state index in [0.29, 0.717) is 5.69 Å². The highest BCUT2D eigenvalue weighted by molar-refractivity contribution is 9.10. The first-order valence-corrected chi connectivity index (χ1v) is 8.40. The molecule has 1 saturated carbocycles. The van der Waals surface area contributed by atoms with Crippen LogP contribution in [0.5, 0.6) is 0 Å². The fourth-order valence-electron chi connectivity index (χ4n) is 1.48. The van der Waals surface area contributed by atoms with Gasteiger partial charge in [0.05, 0.1) is 5.69 Å². The quantitative estimate of drug-likeness (QED) is 0.516. The van der Waals surface area contributed by atoms with Crippen LogP contribution in [0, 0.1) is 5.92 Å². The van der Waals surface area contributed by atoms with Crippen molar-refractivity contribution in [2.75, 3.05) is 11.7 Å². The van der Waals surface area contributed by atoms with Crippen LogP contribution in [0.2, 0.25) is 0 Å². The summed E-state index contributed by atoms with van der Waals surface area (Å²) in [6, 6.07) is 7.05. The summed E-state index contributed by atoms with van der Waals surface area (Å²) in [7, 11) is -3.62. The Bertz CT molecular complexity index is 619. The average Bonchev–Trinajstić information content (AvgIpc) is 3.13. The van der Waals surface area contributed by atoms with E-state index in [1.165, 1.54) is 0 Å². The summed E-state index contributed by atoms with van der Waals surface area (Å²) >= 11 is 3.29. The molecule has 5 nitrogen and oxygen atoms in total. The van der Waals surface area contributed by atoms with Gasteiger partial charge in [0.1, 0.15) is 0 Å². The first-order valence-electron chi connectivity index (χ1n) is 5.71. The number of carbonyl (C=O) groups excluding carboxylic acids is 1. The molecular formula is C12H13BrN2O3S. The number of Topliss-reactive ketones (excluding diaryl/α,β-unsaturated/α-hetero) is 1. The van der Waals surface area contributed by atoms with Crippen LogP contribution in [0.15, 0.2) is 33.8 Å². The van der Waals surface area contributed by atoms with Gasteiger partial charge >= 0.3 is 0 Å². The SMILES string of the molecule is CS(=O)(=O)/C(=N\Nc1ccc(Br)cc1)C(=O)C1CC1. The highest BCUT2D eigenvalue weighted by atomic mass is 79.9. The van der Waals surface area contributed by atoms with E-state index >= 15 is 0 Å². The van der Waals surface area contributed by atoms with Crippen molar-refractivity contribution in [1.29, 1.82) is 0 Å². The normalized spacial score (nSPS) is 16.2. The first kappa shape index (κ1) is 14.2. The number of hydrogen-bond donors (Lipinski definition) is 1. The molecule has 1 aliphatic rings. The Hall–Kier alpha value is -1.21. The number of halogens is 1. The zero-order chi connectivity index (χ0) is 14.0. The Kier molecular flexibility index (Phi) is 4.05. The van der Waals surface area contributed by atoms with Crippen molar-refractivity contribution in [2.24, 2.45) is 11.0 Å². The zero-order valence-electron chi connectivity index (χ0n) is 10.3. The van der Waals surface area contributed by atoms with E-state index in [4.69, 9.17) is 0 Å². The topological polar surface area (TPSA) is 75.6 Å². The van der Waals surface area contributed by atoms with E-state index in [9.17, 15) is 13.2 Å². The number of benzene rings is 1. The molecular weight excluding hydrogens is 332 g/mol. The van der Waals surface area contributed by atoms with Gasteiger partial charge in [-0.05, 0) is 37.1 Å².